The minimum atomic E-state index is -3.29. The van der Waals surface area contributed by atoms with Gasteiger partial charge >= 0.3 is 5.97 Å². The topological polar surface area (TPSA) is 80.7 Å². The largest absolute Gasteiger partial charge is 0.481 e. The van der Waals surface area contributed by atoms with Crippen molar-refractivity contribution in [3.63, 3.8) is 0 Å². The summed E-state index contributed by atoms with van der Waals surface area (Å²) in [5.41, 5.74) is 0. The summed E-state index contributed by atoms with van der Waals surface area (Å²) in [6, 6.07) is 0. The van der Waals surface area contributed by atoms with Gasteiger partial charge in [0, 0.05) is 7.11 Å². The third-order valence-electron chi connectivity index (χ3n) is 1.52. The number of carbonyl (C=O) groups is 1. The summed E-state index contributed by atoms with van der Waals surface area (Å²) < 4.78 is 27.1. The fraction of sp³-hybridized carbons (Fsp3) is 0.857. The molecule has 0 aliphatic carbocycles. The van der Waals surface area contributed by atoms with Gasteiger partial charge in [-0.05, 0) is 6.92 Å². The smallest absolute Gasteiger partial charge is 0.304 e. The SMILES string of the molecule is COC(C)CS(=O)(=O)CCC(=O)O. The molecule has 5 nitrogen and oxygen atoms in total. The highest BCUT2D eigenvalue weighted by Crippen LogP contribution is 1.99. The average Bonchev–Trinajstić information content (AvgIpc) is 2.00. The third kappa shape index (κ3) is 6.53. The predicted molar refractivity (Wildman–Crippen MR) is 47.4 cm³/mol. The maximum atomic E-state index is 11.2. The zero-order chi connectivity index (χ0) is 10.5. The molecule has 0 fully saturated rings. The number of carboxylic acids is 1. The van der Waals surface area contributed by atoms with E-state index in [-0.39, 0.29) is 17.9 Å². The van der Waals surface area contributed by atoms with Crippen molar-refractivity contribution < 1.29 is 23.1 Å². The molecule has 0 aliphatic rings. The van der Waals surface area contributed by atoms with Gasteiger partial charge in [-0.25, -0.2) is 8.42 Å². The lowest BCUT2D eigenvalue weighted by atomic mass is 10.5. The minimum Gasteiger partial charge on any atom is -0.481 e. The molecule has 0 saturated carbocycles. The molecule has 0 spiro atoms. The first kappa shape index (κ1) is 12.4. The van der Waals surface area contributed by atoms with Crippen LogP contribution in [-0.4, -0.2) is 44.2 Å². The molecule has 0 aromatic carbocycles. The summed E-state index contributed by atoms with van der Waals surface area (Å²) >= 11 is 0. The third-order valence-corrected chi connectivity index (χ3v) is 3.32. The van der Waals surface area contributed by atoms with Crippen LogP contribution in [0.5, 0.6) is 0 Å². The quantitative estimate of drug-likeness (QED) is 0.662. The van der Waals surface area contributed by atoms with Gasteiger partial charge < -0.3 is 9.84 Å². The van der Waals surface area contributed by atoms with Gasteiger partial charge in [0.05, 0.1) is 24.0 Å². The average molecular weight is 210 g/mol. The highest BCUT2D eigenvalue weighted by molar-refractivity contribution is 7.91. The molecule has 1 unspecified atom stereocenters. The van der Waals surface area contributed by atoms with Crippen LogP contribution in [0.15, 0.2) is 0 Å². The Kier molecular flexibility index (Phi) is 4.94. The number of sulfone groups is 1. The molecule has 1 N–H and O–H groups in total. The van der Waals surface area contributed by atoms with E-state index in [1.807, 2.05) is 0 Å². The van der Waals surface area contributed by atoms with E-state index in [0.717, 1.165) is 0 Å². The van der Waals surface area contributed by atoms with Crippen LogP contribution in [0, 0.1) is 0 Å². The van der Waals surface area contributed by atoms with E-state index < -0.39 is 21.9 Å². The molecular weight excluding hydrogens is 196 g/mol. The Morgan fingerprint density at radius 1 is 1.54 bits per heavy atom. The molecule has 0 aliphatic heterocycles. The zero-order valence-electron chi connectivity index (χ0n) is 7.69. The predicted octanol–water partition coefficient (Wildman–Crippen LogP) is -0.0892. The highest BCUT2D eigenvalue weighted by atomic mass is 32.2. The molecule has 0 radical (unpaired) electrons. The molecule has 78 valence electrons. The summed E-state index contributed by atoms with van der Waals surface area (Å²) in [7, 11) is -1.88. The van der Waals surface area contributed by atoms with E-state index in [2.05, 4.69) is 0 Å². The maximum Gasteiger partial charge on any atom is 0.304 e. The van der Waals surface area contributed by atoms with Crippen molar-refractivity contribution >= 4 is 15.8 Å². The first-order valence-corrected chi connectivity index (χ1v) is 5.64. The van der Waals surface area contributed by atoms with Crippen LogP contribution in [0.25, 0.3) is 0 Å². The first-order valence-electron chi connectivity index (χ1n) is 3.82. The Morgan fingerprint density at radius 2 is 2.08 bits per heavy atom. The molecular formula is C7H14O5S. The van der Waals surface area contributed by atoms with Gasteiger partial charge in [0.15, 0.2) is 9.84 Å². The van der Waals surface area contributed by atoms with Crippen LogP contribution < -0.4 is 0 Å². The Hall–Kier alpha value is -0.620. The fourth-order valence-corrected chi connectivity index (χ4v) is 2.26. The van der Waals surface area contributed by atoms with Crippen molar-refractivity contribution in [3.8, 4) is 0 Å². The van der Waals surface area contributed by atoms with Crippen LogP contribution in [0.1, 0.15) is 13.3 Å². The monoisotopic (exact) mass is 210 g/mol. The number of methoxy groups -OCH3 is 1. The standard InChI is InChI=1S/C7H14O5S/c1-6(12-2)5-13(10,11)4-3-7(8)9/h6H,3-5H2,1-2H3,(H,8,9). The Balaban J connectivity index is 4.02. The second-order valence-electron chi connectivity index (χ2n) is 2.80. The van der Waals surface area contributed by atoms with E-state index in [1.54, 1.807) is 6.92 Å². The molecule has 0 heterocycles. The molecule has 0 aromatic heterocycles. The highest BCUT2D eigenvalue weighted by Gasteiger charge is 2.16. The summed E-state index contributed by atoms with van der Waals surface area (Å²) in [5.74, 6) is -1.55. The molecule has 0 amide bonds. The van der Waals surface area contributed by atoms with Crippen LogP contribution in [-0.2, 0) is 19.4 Å². The fourth-order valence-electron chi connectivity index (χ4n) is 0.752. The number of hydrogen-bond acceptors (Lipinski definition) is 4. The summed E-state index contributed by atoms with van der Waals surface area (Å²) in [6.45, 7) is 1.62. The normalized spacial score (nSPS) is 14.0. The van der Waals surface area contributed by atoms with Gasteiger partial charge in [0.1, 0.15) is 0 Å². The van der Waals surface area contributed by atoms with Crippen LogP contribution >= 0.6 is 0 Å². The van der Waals surface area contributed by atoms with Crippen molar-refractivity contribution in [2.24, 2.45) is 0 Å². The van der Waals surface area contributed by atoms with E-state index in [9.17, 15) is 13.2 Å². The number of carboxylic acid groups (broad SMARTS) is 1. The van der Waals surface area contributed by atoms with Gasteiger partial charge in [-0.1, -0.05) is 0 Å². The number of rotatable bonds is 6. The molecule has 0 bridgehead atoms. The van der Waals surface area contributed by atoms with Crippen molar-refractivity contribution in [3.05, 3.63) is 0 Å². The van der Waals surface area contributed by atoms with Crippen molar-refractivity contribution in [2.45, 2.75) is 19.4 Å². The number of hydrogen-bond donors (Lipinski definition) is 1. The Bertz CT molecular complexity index is 256. The Morgan fingerprint density at radius 3 is 2.46 bits per heavy atom. The van der Waals surface area contributed by atoms with Gasteiger partial charge in [-0.2, -0.15) is 0 Å². The number of ether oxygens (including phenoxy) is 1. The van der Waals surface area contributed by atoms with Crippen molar-refractivity contribution in [2.75, 3.05) is 18.6 Å². The maximum absolute atomic E-state index is 11.2. The van der Waals surface area contributed by atoms with E-state index in [0.29, 0.717) is 0 Å². The van der Waals surface area contributed by atoms with Gasteiger partial charge in [-0.15, -0.1) is 0 Å². The summed E-state index contributed by atoms with van der Waals surface area (Å²) in [6.07, 6.45) is -0.738. The van der Waals surface area contributed by atoms with Crippen molar-refractivity contribution in [1.29, 1.82) is 0 Å². The summed E-state index contributed by atoms with van der Waals surface area (Å²) in [5, 5.41) is 8.27. The first-order chi connectivity index (χ1) is 5.87. The molecule has 0 saturated heterocycles. The lowest BCUT2D eigenvalue weighted by Crippen LogP contribution is -2.23. The molecule has 1 atom stereocenters. The van der Waals surface area contributed by atoms with Gasteiger partial charge in [0.25, 0.3) is 0 Å². The van der Waals surface area contributed by atoms with Crippen LogP contribution in [0.4, 0.5) is 0 Å². The summed E-state index contributed by atoms with van der Waals surface area (Å²) in [4.78, 5) is 10.1. The molecule has 6 heteroatoms. The van der Waals surface area contributed by atoms with Gasteiger partial charge in [-0.3, -0.25) is 4.79 Å². The minimum absolute atomic E-state index is 0.128. The lowest BCUT2D eigenvalue weighted by molar-refractivity contribution is -0.136. The second-order valence-corrected chi connectivity index (χ2v) is 5.03. The second kappa shape index (κ2) is 5.18. The van der Waals surface area contributed by atoms with E-state index in [4.69, 9.17) is 9.84 Å². The van der Waals surface area contributed by atoms with E-state index in [1.165, 1.54) is 7.11 Å². The molecule has 0 aromatic rings. The van der Waals surface area contributed by atoms with Gasteiger partial charge in [0.2, 0.25) is 0 Å². The van der Waals surface area contributed by atoms with Crippen LogP contribution in [0.3, 0.4) is 0 Å². The van der Waals surface area contributed by atoms with Crippen molar-refractivity contribution in [1.82, 2.24) is 0 Å². The molecule has 0 rings (SSSR count). The van der Waals surface area contributed by atoms with Crippen LogP contribution in [0.2, 0.25) is 0 Å². The lowest BCUT2D eigenvalue weighted by Gasteiger charge is -2.08. The Labute approximate surface area is 77.6 Å². The zero-order valence-corrected chi connectivity index (χ0v) is 8.50. The van der Waals surface area contributed by atoms with E-state index >= 15 is 0 Å². The number of aliphatic carboxylic acids is 1. The molecule has 13 heavy (non-hydrogen) atoms.